The van der Waals surface area contributed by atoms with E-state index in [9.17, 15) is 5.11 Å². The second kappa shape index (κ2) is 4.84. The van der Waals surface area contributed by atoms with Crippen molar-refractivity contribution in [3.05, 3.63) is 29.8 Å². The lowest BCUT2D eigenvalue weighted by atomic mass is 10.1. The van der Waals surface area contributed by atoms with E-state index in [4.69, 9.17) is 9.47 Å². The van der Waals surface area contributed by atoms with Gasteiger partial charge in [-0.15, -0.1) is 0 Å². The van der Waals surface area contributed by atoms with Crippen LogP contribution < -0.4 is 4.74 Å². The lowest BCUT2D eigenvalue weighted by Gasteiger charge is -2.11. The summed E-state index contributed by atoms with van der Waals surface area (Å²) < 4.78 is 10.0. The van der Waals surface area contributed by atoms with Gasteiger partial charge in [-0.05, 0) is 13.0 Å². The third kappa shape index (κ3) is 2.72. The van der Waals surface area contributed by atoms with Gasteiger partial charge in [0.1, 0.15) is 5.75 Å². The van der Waals surface area contributed by atoms with Crippen molar-refractivity contribution < 1.29 is 14.6 Å². The van der Waals surface area contributed by atoms with Crippen molar-refractivity contribution in [2.75, 3.05) is 13.9 Å². The van der Waals surface area contributed by atoms with Crippen LogP contribution in [0.1, 0.15) is 18.6 Å². The lowest BCUT2D eigenvalue weighted by Crippen LogP contribution is -2.03. The number of benzene rings is 1. The predicted molar refractivity (Wildman–Crippen MR) is 49.6 cm³/mol. The summed E-state index contributed by atoms with van der Waals surface area (Å²) >= 11 is 0. The molecule has 3 heteroatoms. The minimum atomic E-state index is -0.520. The van der Waals surface area contributed by atoms with E-state index < -0.39 is 6.10 Å². The Bertz CT molecular complexity index is 258. The lowest BCUT2D eigenvalue weighted by molar-refractivity contribution is 0.0484. The zero-order valence-electron chi connectivity index (χ0n) is 7.86. The summed E-state index contributed by atoms with van der Waals surface area (Å²) in [6.45, 7) is 1.90. The van der Waals surface area contributed by atoms with Gasteiger partial charge in [0.15, 0.2) is 6.79 Å². The highest BCUT2D eigenvalue weighted by atomic mass is 16.7. The Balaban J connectivity index is 2.78. The Morgan fingerprint density at radius 1 is 1.38 bits per heavy atom. The molecule has 0 unspecified atom stereocenters. The molecule has 0 aromatic heterocycles. The van der Waals surface area contributed by atoms with E-state index in [0.717, 1.165) is 5.56 Å². The highest BCUT2D eigenvalue weighted by Crippen LogP contribution is 2.24. The van der Waals surface area contributed by atoms with Crippen LogP contribution in [0.2, 0.25) is 0 Å². The summed E-state index contributed by atoms with van der Waals surface area (Å²) in [4.78, 5) is 0. The predicted octanol–water partition coefficient (Wildman–Crippen LogP) is 1.72. The van der Waals surface area contributed by atoms with Crippen LogP contribution in [0, 0.1) is 0 Å². The quantitative estimate of drug-likeness (QED) is 0.720. The van der Waals surface area contributed by atoms with Crippen molar-refractivity contribution in [3.8, 4) is 5.75 Å². The number of aliphatic hydroxyl groups is 1. The SMILES string of the molecule is COCOc1ccccc1[C@@H](C)O. The fourth-order valence-electron chi connectivity index (χ4n) is 1.08. The molecule has 0 aliphatic carbocycles. The van der Waals surface area contributed by atoms with E-state index in [1.807, 2.05) is 18.2 Å². The first-order valence-corrected chi connectivity index (χ1v) is 4.14. The fourth-order valence-corrected chi connectivity index (χ4v) is 1.08. The molecule has 72 valence electrons. The van der Waals surface area contributed by atoms with E-state index in [2.05, 4.69) is 0 Å². The second-order valence-corrected chi connectivity index (χ2v) is 2.76. The number of methoxy groups -OCH3 is 1. The van der Waals surface area contributed by atoms with Crippen LogP contribution in [-0.4, -0.2) is 19.0 Å². The summed E-state index contributed by atoms with van der Waals surface area (Å²) in [6, 6.07) is 7.36. The zero-order chi connectivity index (χ0) is 9.68. The Labute approximate surface area is 77.9 Å². The molecule has 13 heavy (non-hydrogen) atoms. The first-order valence-electron chi connectivity index (χ1n) is 4.14. The maximum Gasteiger partial charge on any atom is 0.188 e. The van der Waals surface area contributed by atoms with Crippen LogP contribution in [0.25, 0.3) is 0 Å². The summed E-state index contributed by atoms with van der Waals surface area (Å²) in [5.41, 5.74) is 0.777. The average molecular weight is 182 g/mol. The Morgan fingerprint density at radius 3 is 2.69 bits per heavy atom. The van der Waals surface area contributed by atoms with Crippen LogP contribution in [0.5, 0.6) is 5.75 Å². The summed E-state index contributed by atoms with van der Waals surface area (Å²) in [5, 5.41) is 9.38. The summed E-state index contributed by atoms with van der Waals surface area (Å²) in [6.07, 6.45) is -0.520. The van der Waals surface area contributed by atoms with Crippen LogP contribution in [0.15, 0.2) is 24.3 Å². The zero-order valence-corrected chi connectivity index (χ0v) is 7.86. The Kier molecular flexibility index (Phi) is 3.73. The molecule has 0 spiro atoms. The van der Waals surface area contributed by atoms with Gasteiger partial charge in [-0.2, -0.15) is 0 Å². The van der Waals surface area contributed by atoms with Crippen molar-refractivity contribution in [1.29, 1.82) is 0 Å². The average Bonchev–Trinajstić information content (AvgIpc) is 2.15. The molecule has 3 nitrogen and oxygen atoms in total. The van der Waals surface area contributed by atoms with E-state index >= 15 is 0 Å². The van der Waals surface area contributed by atoms with Gasteiger partial charge in [0, 0.05) is 12.7 Å². The molecule has 0 saturated carbocycles. The van der Waals surface area contributed by atoms with Gasteiger partial charge < -0.3 is 14.6 Å². The number of hydrogen-bond acceptors (Lipinski definition) is 3. The minimum absolute atomic E-state index is 0.198. The van der Waals surface area contributed by atoms with Gasteiger partial charge >= 0.3 is 0 Å². The van der Waals surface area contributed by atoms with Crippen molar-refractivity contribution in [2.45, 2.75) is 13.0 Å². The molecule has 1 N–H and O–H groups in total. The van der Waals surface area contributed by atoms with E-state index in [1.165, 1.54) is 0 Å². The molecule has 0 radical (unpaired) electrons. The summed E-state index contributed by atoms with van der Waals surface area (Å²) in [7, 11) is 1.56. The number of para-hydroxylation sites is 1. The standard InChI is InChI=1S/C10H14O3/c1-8(11)9-5-3-4-6-10(9)13-7-12-2/h3-6,8,11H,7H2,1-2H3/t8-/m1/s1. The smallest absolute Gasteiger partial charge is 0.188 e. The molecule has 0 saturated heterocycles. The monoisotopic (exact) mass is 182 g/mol. The Hall–Kier alpha value is -1.06. The van der Waals surface area contributed by atoms with Crippen LogP contribution in [0.4, 0.5) is 0 Å². The van der Waals surface area contributed by atoms with Gasteiger partial charge in [-0.1, -0.05) is 18.2 Å². The molecular formula is C10H14O3. The second-order valence-electron chi connectivity index (χ2n) is 2.76. The van der Waals surface area contributed by atoms with Crippen LogP contribution in [0.3, 0.4) is 0 Å². The molecule has 1 rings (SSSR count). The molecule has 1 aromatic carbocycles. The topological polar surface area (TPSA) is 38.7 Å². The highest BCUT2D eigenvalue weighted by molar-refractivity contribution is 5.34. The molecule has 0 aliphatic heterocycles. The maximum absolute atomic E-state index is 9.38. The summed E-state index contributed by atoms with van der Waals surface area (Å²) in [5.74, 6) is 0.666. The van der Waals surface area contributed by atoms with Gasteiger partial charge in [-0.25, -0.2) is 0 Å². The van der Waals surface area contributed by atoms with Crippen molar-refractivity contribution >= 4 is 0 Å². The third-order valence-electron chi connectivity index (χ3n) is 1.70. The number of aliphatic hydroxyl groups excluding tert-OH is 1. The fraction of sp³-hybridized carbons (Fsp3) is 0.400. The van der Waals surface area contributed by atoms with Crippen LogP contribution >= 0.6 is 0 Å². The van der Waals surface area contributed by atoms with Crippen molar-refractivity contribution in [1.82, 2.24) is 0 Å². The number of rotatable bonds is 4. The molecule has 1 atom stereocenters. The maximum atomic E-state index is 9.38. The van der Waals surface area contributed by atoms with E-state index in [0.29, 0.717) is 5.75 Å². The van der Waals surface area contributed by atoms with Gasteiger partial charge in [0.05, 0.1) is 6.10 Å². The minimum Gasteiger partial charge on any atom is -0.467 e. The third-order valence-corrected chi connectivity index (χ3v) is 1.70. The molecule has 0 bridgehead atoms. The molecule has 0 fully saturated rings. The molecule has 0 heterocycles. The molecule has 1 aromatic rings. The van der Waals surface area contributed by atoms with Gasteiger partial charge in [-0.3, -0.25) is 0 Å². The van der Waals surface area contributed by atoms with Gasteiger partial charge in [0.25, 0.3) is 0 Å². The van der Waals surface area contributed by atoms with Crippen molar-refractivity contribution in [3.63, 3.8) is 0 Å². The number of ether oxygens (including phenoxy) is 2. The number of hydrogen-bond donors (Lipinski definition) is 1. The normalized spacial score (nSPS) is 12.5. The van der Waals surface area contributed by atoms with E-state index in [-0.39, 0.29) is 6.79 Å². The van der Waals surface area contributed by atoms with Crippen molar-refractivity contribution in [2.24, 2.45) is 0 Å². The Morgan fingerprint density at radius 2 is 2.08 bits per heavy atom. The van der Waals surface area contributed by atoms with E-state index in [1.54, 1.807) is 20.1 Å². The molecular weight excluding hydrogens is 168 g/mol. The molecule has 0 aliphatic rings. The highest BCUT2D eigenvalue weighted by Gasteiger charge is 2.07. The first kappa shape index (κ1) is 10.0. The van der Waals surface area contributed by atoms with Gasteiger partial charge in [0.2, 0.25) is 0 Å². The van der Waals surface area contributed by atoms with Crippen LogP contribution in [-0.2, 0) is 4.74 Å². The largest absolute Gasteiger partial charge is 0.467 e. The molecule has 0 amide bonds. The first-order chi connectivity index (χ1) is 6.25.